The van der Waals surface area contributed by atoms with E-state index < -0.39 is 0 Å². The molecule has 1 heterocycles. The third-order valence-electron chi connectivity index (χ3n) is 2.82. The van der Waals surface area contributed by atoms with Gasteiger partial charge in [0.15, 0.2) is 0 Å². The minimum Gasteiger partial charge on any atom is -0.497 e. The lowest BCUT2D eigenvalue weighted by atomic mass is 9.92. The fraction of sp³-hybridized carbons (Fsp3) is 0.357. The molecule has 0 aliphatic carbocycles. The maximum atomic E-state index is 6.01. The van der Waals surface area contributed by atoms with Gasteiger partial charge < -0.3 is 10.5 Å². The highest BCUT2D eigenvalue weighted by Gasteiger charge is 2.19. The molecule has 5 heteroatoms. The molecule has 0 aliphatic heterocycles. The van der Waals surface area contributed by atoms with E-state index in [-0.39, 0.29) is 17.8 Å². The Morgan fingerprint density at radius 3 is 2.16 bits per heavy atom. The van der Waals surface area contributed by atoms with Gasteiger partial charge in [-0.1, -0.05) is 20.8 Å². The smallest absolute Gasteiger partial charge is 0.127 e. The maximum Gasteiger partial charge on any atom is 0.127 e. The van der Waals surface area contributed by atoms with Gasteiger partial charge in [-0.2, -0.15) is 5.10 Å². The largest absolute Gasteiger partial charge is 0.497 e. The van der Waals surface area contributed by atoms with Crippen LogP contribution in [0.1, 0.15) is 26.5 Å². The average molecular weight is 282 g/mol. The van der Waals surface area contributed by atoms with E-state index in [1.807, 2.05) is 30.3 Å². The molecule has 1 aromatic heterocycles. The van der Waals surface area contributed by atoms with Crippen LogP contribution in [0, 0.1) is 0 Å². The average Bonchev–Trinajstić information content (AvgIpc) is 2.71. The van der Waals surface area contributed by atoms with Crippen LogP contribution in [0.15, 0.2) is 30.3 Å². The zero-order valence-corrected chi connectivity index (χ0v) is 12.5. The Hall–Kier alpha value is -1.68. The zero-order valence-electron chi connectivity index (χ0n) is 11.7. The number of nitrogens with zero attached hydrogens (tertiary/aromatic N) is 2. The van der Waals surface area contributed by atoms with Gasteiger partial charge in [0.25, 0.3) is 0 Å². The molecule has 2 N–H and O–H groups in total. The summed E-state index contributed by atoms with van der Waals surface area (Å²) >= 11 is 0. The monoisotopic (exact) mass is 281 g/mol. The molecule has 0 saturated carbocycles. The Morgan fingerprint density at radius 1 is 1.16 bits per heavy atom. The fourth-order valence-corrected chi connectivity index (χ4v) is 1.69. The first-order chi connectivity index (χ1) is 8.41. The van der Waals surface area contributed by atoms with Crippen molar-refractivity contribution >= 4 is 18.2 Å². The number of hydrogen-bond acceptors (Lipinski definition) is 3. The van der Waals surface area contributed by atoms with E-state index >= 15 is 0 Å². The van der Waals surface area contributed by atoms with Crippen molar-refractivity contribution < 1.29 is 4.74 Å². The normalized spacial score (nSPS) is 10.9. The number of aromatic nitrogens is 2. The summed E-state index contributed by atoms with van der Waals surface area (Å²) in [4.78, 5) is 0. The molecule has 0 atom stereocenters. The number of benzene rings is 1. The second-order valence-electron chi connectivity index (χ2n) is 5.31. The Morgan fingerprint density at radius 2 is 1.74 bits per heavy atom. The lowest BCUT2D eigenvalue weighted by molar-refractivity contribution is 0.414. The van der Waals surface area contributed by atoms with Gasteiger partial charge in [-0.3, -0.25) is 0 Å². The lowest BCUT2D eigenvalue weighted by Crippen LogP contribution is -2.12. The van der Waals surface area contributed by atoms with Gasteiger partial charge in [0.1, 0.15) is 11.6 Å². The highest BCUT2D eigenvalue weighted by atomic mass is 35.5. The van der Waals surface area contributed by atoms with Crippen LogP contribution in [0.3, 0.4) is 0 Å². The van der Waals surface area contributed by atoms with Gasteiger partial charge in [0.2, 0.25) is 0 Å². The second kappa shape index (κ2) is 5.53. The Kier molecular flexibility index (Phi) is 4.48. The summed E-state index contributed by atoms with van der Waals surface area (Å²) in [6.45, 7) is 6.35. The van der Waals surface area contributed by atoms with Gasteiger partial charge in [0, 0.05) is 11.5 Å². The summed E-state index contributed by atoms with van der Waals surface area (Å²) in [5.74, 6) is 1.46. The second-order valence-corrected chi connectivity index (χ2v) is 5.31. The predicted octanol–water partition coefficient (Wildman–Crippen LogP) is 3.18. The van der Waals surface area contributed by atoms with Crippen molar-refractivity contribution in [2.24, 2.45) is 0 Å². The van der Waals surface area contributed by atoms with E-state index in [4.69, 9.17) is 10.5 Å². The number of hydrogen-bond donors (Lipinski definition) is 1. The quantitative estimate of drug-likeness (QED) is 0.920. The van der Waals surface area contributed by atoms with Crippen LogP contribution in [-0.2, 0) is 5.41 Å². The zero-order chi connectivity index (χ0) is 13.3. The summed E-state index contributed by atoms with van der Waals surface area (Å²) in [5, 5.41) is 4.56. The van der Waals surface area contributed by atoms with Crippen LogP contribution in [0.4, 0.5) is 5.82 Å². The molecule has 2 aromatic rings. The van der Waals surface area contributed by atoms with Crippen molar-refractivity contribution in [3.63, 3.8) is 0 Å². The molecule has 1 aromatic carbocycles. The van der Waals surface area contributed by atoms with Crippen molar-refractivity contribution in [1.82, 2.24) is 9.78 Å². The number of halogens is 1. The predicted molar refractivity (Wildman–Crippen MR) is 80.5 cm³/mol. The Balaban J connectivity index is 0.00000180. The van der Waals surface area contributed by atoms with Crippen LogP contribution in [-0.4, -0.2) is 16.9 Å². The number of rotatable bonds is 2. The molecule has 0 bridgehead atoms. The van der Waals surface area contributed by atoms with Crippen LogP contribution >= 0.6 is 12.4 Å². The molecule has 4 nitrogen and oxygen atoms in total. The first-order valence-electron chi connectivity index (χ1n) is 5.92. The molecule has 0 spiro atoms. The molecule has 104 valence electrons. The number of nitrogen functional groups attached to an aromatic ring is 1. The van der Waals surface area contributed by atoms with Crippen LogP contribution in [0.5, 0.6) is 5.75 Å². The highest BCUT2D eigenvalue weighted by Crippen LogP contribution is 2.25. The van der Waals surface area contributed by atoms with Gasteiger partial charge in [0.05, 0.1) is 18.5 Å². The first kappa shape index (κ1) is 15.4. The van der Waals surface area contributed by atoms with Crippen molar-refractivity contribution in [2.45, 2.75) is 26.2 Å². The summed E-state index contributed by atoms with van der Waals surface area (Å²) < 4.78 is 6.88. The lowest BCUT2D eigenvalue weighted by Gasteiger charge is -2.14. The van der Waals surface area contributed by atoms with Crippen molar-refractivity contribution in [2.75, 3.05) is 12.8 Å². The molecule has 0 saturated heterocycles. The summed E-state index contributed by atoms with van der Waals surface area (Å²) in [6, 6.07) is 9.59. The van der Waals surface area contributed by atoms with Gasteiger partial charge in [-0.05, 0) is 24.3 Å². The minimum atomic E-state index is -0.00809. The fourth-order valence-electron chi connectivity index (χ4n) is 1.69. The number of ether oxygens (including phenoxy) is 1. The van der Waals surface area contributed by atoms with E-state index in [9.17, 15) is 0 Å². The van der Waals surface area contributed by atoms with E-state index in [0.717, 1.165) is 17.1 Å². The minimum absolute atomic E-state index is 0. The highest BCUT2D eigenvalue weighted by molar-refractivity contribution is 5.85. The third-order valence-corrected chi connectivity index (χ3v) is 2.82. The van der Waals surface area contributed by atoms with Gasteiger partial charge in [-0.15, -0.1) is 12.4 Å². The number of nitrogens with two attached hydrogens (primary N) is 1. The van der Waals surface area contributed by atoms with Crippen molar-refractivity contribution in [1.29, 1.82) is 0 Å². The van der Waals surface area contributed by atoms with Crippen LogP contribution in [0.25, 0.3) is 5.69 Å². The van der Waals surface area contributed by atoms with Crippen molar-refractivity contribution in [3.8, 4) is 11.4 Å². The van der Waals surface area contributed by atoms with Crippen molar-refractivity contribution in [3.05, 3.63) is 36.0 Å². The number of methoxy groups -OCH3 is 1. The molecule has 2 rings (SSSR count). The van der Waals surface area contributed by atoms with Crippen LogP contribution in [0.2, 0.25) is 0 Å². The SMILES string of the molecule is COc1ccc(-n2nc(C(C)(C)C)cc2N)cc1.Cl. The standard InChI is InChI=1S/C14H19N3O.ClH/c1-14(2,3)12-9-13(15)17(16-12)10-5-7-11(18-4)8-6-10;/h5-9H,15H2,1-4H3;1H. The maximum absolute atomic E-state index is 6.01. The molecule has 0 radical (unpaired) electrons. The van der Waals surface area contributed by atoms with Crippen LogP contribution < -0.4 is 10.5 Å². The molecule has 0 aliphatic rings. The molecule has 19 heavy (non-hydrogen) atoms. The topological polar surface area (TPSA) is 53.1 Å². The Bertz CT molecular complexity index is 541. The molecule has 0 unspecified atom stereocenters. The van der Waals surface area contributed by atoms with E-state index in [0.29, 0.717) is 5.82 Å². The summed E-state index contributed by atoms with van der Waals surface area (Å²) in [5.41, 5.74) is 7.92. The molecular formula is C14H20ClN3O. The summed E-state index contributed by atoms with van der Waals surface area (Å²) in [7, 11) is 1.65. The van der Waals surface area contributed by atoms with E-state index in [1.165, 1.54) is 0 Å². The number of anilines is 1. The molecule has 0 amide bonds. The van der Waals surface area contributed by atoms with Gasteiger partial charge in [-0.25, -0.2) is 4.68 Å². The molecular weight excluding hydrogens is 262 g/mol. The first-order valence-corrected chi connectivity index (χ1v) is 5.92. The Labute approximate surface area is 120 Å². The third kappa shape index (κ3) is 3.20. The summed E-state index contributed by atoms with van der Waals surface area (Å²) in [6.07, 6.45) is 0. The van der Waals surface area contributed by atoms with E-state index in [2.05, 4.69) is 25.9 Å². The van der Waals surface area contributed by atoms with Gasteiger partial charge >= 0.3 is 0 Å². The van der Waals surface area contributed by atoms with E-state index in [1.54, 1.807) is 11.8 Å². The molecule has 0 fully saturated rings.